The van der Waals surface area contributed by atoms with E-state index in [0.717, 1.165) is 31.0 Å². The van der Waals surface area contributed by atoms with Gasteiger partial charge in [-0.15, -0.1) is 0 Å². The van der Waals surface area contributed by atoms with Crippen LogP contribution in [-0.4, -0.2) is 18.3 Å². The summed E-state index contributed by atoms with van der Waals surface area (Å²) in [6, 6.07) is 5.34. The van der Waals surface area contributed by atoms with Gasteiger partial charge in [0.1, 0.15) is 11.5 Å². The van der Waals surface area contributed by atoms with E-state index < -0.39 is 0 Å². The number of rotatable bonds is 14. The number of ether oxygens (including phenoxy) is 1. The summed E-state index contributed by atoms with van der Waals surface area (Å²) < 4.78 is 5.75. The first-order valence-corrected chi connectivity index (χ1v) is 9.47. The van der Waals surface area contributed by atoms with E-state index in [1.54, 1.807) is 12.1 Å². The van der Waals surface area contributed by atoms with Crippen molar-refractivity contribution in [3.8, 4) is 11.5 Å². The monoisotopic (exact) mass is 321 g/mol. The maximum Gasteiger partial charge on any atom is 0.125 e. The summed E-state index contributed by atoms with van der Waals surface area (Å²) in [6.07, 6.45) is 13.3. The Morgan fingerprint density at radius 3 is 2.04 bits per heavy atom. The third-order valence-corrected chi connectivity index (χ3v) is 4.04. The maximum absolute atomic E-state index is 9.68. The largest absolute Gasteiger partial charge is 0.508 e. The van der Waals surface area contributed by atoms with Gasteiger partial charge < -0.3 is 15.2 Å². The second-order valence-corrected chi connectivity index (χ2v) is 6.28. The fourth-order valence-electron chi connectivity index (χ4n) is 2.75. The number of phenols is 1. The second kappa shape index (κ2) is 13.1. The molecule has 1 aromatic rings. The smallest absolute Gasteiger partial charge is 0.125 e. The highest BCUT2D eigenvalue weighted by atomic mass is 16.5. The van der Waals surface area contributed by atoms with Crippen LogP contribution in [0.4, 0.5) is 5.69 Å². The highest BCUT2D eigenvalue weighted by molar-refractivity contribution is 5.53. The molecule has 2 N–H and O–H groups in total. The first-order valence-electron chi connectivity index (χ1n) is 9.47. The summed E-state index contributed by atoms with van der Waals surface area (Å²) in [5.74, 6) is 0.999. The molecule has 0 bridgehead atoms. The van der Waals surface area contributed by atoms with Crippen LogP contribution in [0.1, 0.15) is 78.1 Å². The van der Waals surface area contributed by atoms with Crippen molar-refractivity contribution < 1.29 is 9.84 Å². The molecule has 0 radical (unpaired) electrons. The first kappa shape index (κ1) is 19.7. The Balaban J connectivity index is 2.02. The van der Waals surface area contributed by atoms with Gasteiger partial charge in [0.15, 0.2) is 0 Å². The van der Waals surface area contributed by atoms with E-state index in [1.165, 1.54) is 57.8 Å². The highest BCUT2D eigenvalue weighted by Gasteiger charge is 2.01. The fraction of sp³-hybridized carbons (Fsp3) is 0.700. The Labute approximate surface area is 142 Å². The van der Waals surface area contributed by atoms with Crippen LogP contribution < -0.4 is 10.1 Å². The van der Waals surface area contributed by atoms with Gasteiger partial charge in [-0.2, -0.15) is 0 Å². The molecule has 0 aliphatic heterocycles. The number of unbranched alkanes of at least 4 members (excludes halogenated alkanes) is 9. The fourth-order valence-corrected chi connectivity index (χ4v) is 2.75. The third-order valence-electron chi connectivity index (χ3n) is 4.04. The minimum atomic E-state index is 0.251. The molecule has 0 unspecified atom stereocenters. The van der Waals surface area contributed by atoms with Crippen molar-refractivity contribution in [3.63, 3.8) is 0 Å². The molecule has 0 aromatic heterocycles. The molecule has 0 fully saturated rings. The maximum atomic E-state index is 9.68. The van der Waals surface area contributed by atoms with E-state index in [0.29, 0.717) is 0 Å². The molecule has 0 aliphatic carbocycles. The number of hydrogen-bond acceptors (Lipinski definition) is 3. The highest BCUT2D eigenvalue weighted by Crippen LogP contribution is 2.25. The van der Waals surface area contributed by atoms with E-state index in [1.807, 2.05) is 13.0 Å². The Morgan fingerprint density at radius 1 is 0.826 bits per heavy atom. The van der Waals surface area contributed by atoms with Crippen LogP contribution in [0.15, 0.2) is 18.2 Å². The zero-order valence-electron chi connectivity index (χ0n) is 15.1. The Hall–Kier alpha value is -1.38. The Kier molecular flexibility index (Phi) is 11.2. The van der Waals surface area contributed by atoms with Crippen molar-refractivity contribution in [2.75, 3.05) is 18.5 Å². The SMILES string of the molecule is CCCCCCCCCCCCOc1cc(O)cc(NCC)c1. The lowest BCUT2D eigenvalue weighted by atomic mass is 10.1. The van der Waals surface area contributed by atoms with Crippen molar-refractivity contribution in [3.05, 3.63) is 18.2 Å². The van der Waals surface area contributed by atoms with Gasteiger partial charge in [0.05, 0.1) is 6.61 Å². The summed E-state index contributed by atoms with van der Waals surface area (Å²) in [5, 5.41) is 12.9. The van der Waals surface area contributed by atoms with Crippen molar-refractivity contribution in [1.29, 1.82) is 0 Å². The zero-order valence-corrected chi connectivity index (χ0v) is 15.1. The van der Waals surface area contributed by atoms with Crippen molar-refractivity contribution in [2.24, 2.45) is 0 Å². The van der Waals surface area contributed by atoms with Gasteiger partial charge in [-0.1, -0.05) is 64.7 Å². The third kappa shape index (κ3) is 10.1. The van der Waals surface area contributed by atoms with Crippen molar-refractivity contribution >= 4 is 5.69 Å². The van der Waals surface area contributed by atoms with E-state index in [4.69, 9.17) is 4.74 Å². The lowest BCUT2D eigenvalue weighted by molar-refractivity contribution is 0.303. The minimum absolute atomic E-state index is 0.251. The number of phenolic OH excluding ortho intramolecular Hbond substituents is 1. The molecule has 0 amide bonds. The normalized spacial score (nSPS) is 10.7. The molecule has 0 saturated heterocycles. The van der Waals surface area contributed by atoms with E-state index in [2.05, 4.69) is 12.2 Å². The van der Waals surface area contributed by atoms with Crippen molar-refractivity contribution in [1.82, 2.24) is 0 Å². The molecular formula is C20H35NO2. The molecule has 0 atom stereocenters. The molecule has 0 spiro atoms. The van der Waals surface area contributed by atoms with Crippen LogP contribution in [0.5, 0.6) is 11.5 Å². The van der Waals surface area contributed by atoms with Crippen LogP contribution in [0.3, 0.4) is 0 Å². The molecule has 0 aliphatic rings. The number of aromatic hydroxyl groups is 1. The van der Waals surface area contributed by atoms with E-state index in [-0.39, 0.29) is 5.75 Å². The molecule has 23 heavy (non-hydrogen) atoms. The number of hydrogen-bond donors (Lipinski definition) is 2. The van der Waals surface area contributed by atoms with Gasteiger partial charge in [-0.05, 0) is 13.3 Å². The lowest BCUT2D eigenvalue weighted by Crippen LogP contribution is -2.00. The Morgan fingerprint density at radius 2 is 1.43 bits per heavy atom. The zero-order chi connectivity index (χ0) is 16.8. The molecule has 0 heterocycles. The average Bonchev–Trinajstić information content (AvgIpc) is 2.52. The van der Waals surface area contributed by atoms with Crippen LogP contribution in [-0.2, 0) is 0 Å². The molecule has 1 aromatic carbocycles. The number of benzene rings is 1. The topological polar surface area (TPSA) is 41.5 Å². The van der Waals surface area contributed by atoms with Crippen LogP contribution in [0.25, 0.3) is 0 Å². The number of anilines is 1. The molecule has 1 rings (SSSR count). The molecule has 132 valence electrons. The average molecular weight is 322 g/mol. The summed E-state index contributed by atoms with van der Waals surface area (Å²) in [7, 11) is 0. The van der Waals surface area contributed by atoms with Gasteiger partial charge >= 0.3 is 0 Å². The van der Waals surface area contributed by atoms with Crippen LogP contribution in [0, 0.1) is 0 Å². The minimum Gasteiger partial charge on any atom is -0.508 e. The van der Waals surface area contributed by atoms with Gasteiger partial charge in [-0.3, -0.25) is 0 Å². The molecular weight excluding hydrogens is 286 g/mol. The quantitative estimate of drug-likeness (QED) is 0.405. The summed E-state index contributed by atoms with van der Waals surface area (Å²) in [6.45, 7) is 5.86. The van der Waals surface area contributed by atoms with E-state index in [9.17, 15) is 5.11 Å². The van der Waals surface area contributed by atoms with Gasteiger partial charge in [-0.25, -0.2) is 0 Å². The number of nitrogens with one attached hydrogen (secondary N) is 1. The van der Waals surface area contributed by atoms with Crippen LogP contribution in [0.2, 0.25) is 0 Å². The molecule has 0 saturated carbocycles. The first-order chi connectivity index (χ1) is 11.3. The van der Waals surface area contributed by atoms with Crippen molar-refractivity contribution in [2.45, 2.75) is 78.1 Å². The summed E-state index contributed by atoms with van der Waals surface area (Å²) in [5.41, 5.74) is 0.908. The molecule has 3 nitrogen and oxygen atoms in total. The molecule has 3 heteroatoms. The predicted molar refractivity (Wildman–Crippen MR) is 99.6 cm³/mol. The summed E-state index contributed by atoms with van der Waals surface area (Å²) in [4.78, 5) is 0. The second-order valence-electron chi connectivity index (χ2n) is 6.28. The Bertz CT molecular complexity index is 407. The lowest BCUT2D eigenvalue weighted by Gasteiger charge is -2.10. The standard InChI is InChI=1S/C20H35NO2/c1-3-5-6-7-8-9-10-11-12-13-14-23-20-16-18(21-4-2)15-19(22)17-20/h15-17,21-22H,3-14H2,1-2H3. The van der Waals surface area contributed by atoms with Gasteiger partial charge in [0.25, 0.3) is 0 Å². The van der Waals surface area contributed by atoms with Gasteiger partial charge in [0.2, 0.25) is 0 Å². The van der Waals surface area contributed by atoms with Crippen LogP contribution >= 0.6 is 0 Å². The summed E-state index contributed by atoms with van der Waals surface area (Å²) >= 11 is 0. The van der Waals surface area contributed by atoms with Gasteiger partial charge in [0, 0.05) is 30.4 Å². The van der Waals surface area contributed by atoms with E-state index >= 15 is 0 Å². The predicted octanol–water partition coefficient (Wildman–Crippen LogP) is 6.12.